The lowest BCUT2D eigenvalue weighted by Crippen LogP contribution is -2.31. The van der Waals surface area contributed by atoms with Crippen LogP contribution in [0.4, 0.5) is 19.1 Å². The first-order chi connectivity index (χ1) is 12.0. The third-order valence-electron chi connectivity index (χ3n) is 3.19. The van der Waals surface area contributed by atoms with Gasteiger partial charge in [0.2, 0.25) is 16.0 Å². The molecule has 1 heterocycles. The summed E-state index contributed by atoms with van der Waals surface area (Å²) in [5, 5.41) is 2.71. The fourth-order valence-corrected chi connectivity index (χ4v) is 3.59. The zero-order valence-corrected chi connectivity index (χ0v) is 15.0. The number of sulfonamides is 1. The molecule has 0 saturated carbocycles. The number of benzene rings is 1. The van der Waals surface area contributed by atoms with Crippen molar-refractivity contribution in [2.75, 3.05) is 5.32 Å². The van der Waals surface area contributed by atoms with Gasteiger partial charge >= 0.3 is 6.18 Å². The second-order valence-corrected chi connectivity index (χ2v) is 7.72. The minimum Gasteiger partial charge on any atom is -0.350 e. The van der Waals surface area contributed by atoms with Crippen LogP contribution in [0.25, 0.3) is 0 Å². The molecule has 6 nitrogen and oxygen atoms in total. The van der Waals surface area contributed by atoms with Gasteiger partial charge in [-0.25, -0.2) is 23.1 Å². The quantitative estimate of drug-likeness (QED) is 0.762. The molecule has 0 radical (unpaired) electrons. The average molecular weight is 388 g/mol. The maximum atomic E-state index is 12.6. The molecule has 1 aromatic carbocycles. The summed E-state index contributed by atoms with van der Waals surface area (Å²) in [7, 11) is -3.41. The van der Waals surface area contributed by atoms with Crippen LogP contribution in [0.5, 0.6) is 0 Å². The zero-order valence-electron chi connectivity index (χ0n) is 14.2. The summed E-state index contributed by atoms with van der Waals surface area (Å²) in [4.78, 5) is 7.17. The molecule has 0 unspecified atom stereocenters. The van der Waals surface area contributed by atoms with E-state index in [1.807, 2.05) is 0 Å². The molecular weight excluding hydrogens is 369 g/mol. The molecule has 0 fully saturated rings. The summed E-state index contributed by atoms with van der Waals surface area (Å²) < 4.78 is 64.1. The fourth-order valence-electron chi connectivity index (χ4n) is 2.16. The van der Waals surface area contributed by atoms with Gasteiger partial charge in [0.25, 0.3) is 0 Å². The fraction of sp³-hybridized carbons (Fsp3) is 0.375. The van der Waals surface area contributed by atoms with E-state index in [0.717, 1.165) is 17.8 Å². The van der Waals surface area contributed by atoms with Crippen LogP contribution in [0, 0.1) is 0 Å². The minimum absolute atomic E-state index is 0.132. The van der Waals surface area contributed by atoms with Crippen LogP contribution in [0.3, 0.4) is 0 Å². The maximum Gasteiger partial charge on any atom is 0.433 e. The molecule has 2 N–H and O–H groups in total. The highest BCUT2D eigenvalue weighted by molar-refractivity contribution is 7.88. The largest absolute Gasteiger partial charge is 0.433 e. The zero-order chi connectivity index (χ0) is 19.4. The van der Waals surface area contributed by atoms with Gasteiger partial charge in [-0.2, -0.15) is 13.2 Å². The standard InChI is InChI=1S/C16H19F3N4O2S/c1-11(2)23-26(24,25)10-13-5-3-12(4-6-13)9-21-15-20-8-7-14(22-15)16(17,18)19/h3-8,11,23H,9-10H2,1-2H3,(H,20,21,22). The predicted molar refractivity (Wildman–Crippen MR) is 91.7 cm³/mol. The lowest BCUT2D eigenvalue weighted by atomic mass is 10.1. The smallest absolute Gasteiger partial charge is 0.350 e. The second kappa shape index (κ2) is 8.00. The van der Waals surface area contributed by atoms with Gasteiger partial charge < -0.3 is 5.32 Å². The van der Waals surface area contributed by atoms with Gasteiger partial charge in [-0.15, -0.1) is 0 Å². The van der Waals surface area contributed by atoms with Gasteiger partial charge in [-0.3, -0.25) is 0 Å². The van der Waals surface area contributed by atoms with E-state index < -0.39 is 21.9 Å². The van der Waals surface area contributed by atoms with Gasteiger partial charge in [0.05, 0.1) is 5.75 Å². The molecule has 142 valence electrons. The molecule has 0 amide bonds. The Balaban J connectivity index is 1.98. The molecule has 10 heteroatoms. The predicted octanol–water partition coefficient (Wildman–Crippen LogP) is 2.94. The number of hydrogen-bond donors (Lipinski definition) is 2. The van der Waals surface area contributed by atoms with Gasteiger partial charge in [0.1, 0.15) is 5.69 Å². The SMILES string of the molecule is CC(C)NS(=O)(=O)Cc1ccc(CNc2nccc(C(F)(F)F)n2)cc1. The number of nitrogens with zero attached hydrogens (tertiary/aromatic N) is 2. The maximum absolute atomic E-state index is 12.6. The van der Waals surface area contributed by atoms with Crippen molar-refractivity contribution in [2.45, 2.75) is 38.4 Å². The summed E-state index contributed by atoms with van der Waals surface area (Å²) in [6.07, 6.45) is -3.50. The Hall–Kier alpha value is -2.20. The molecule has 0 aliphatic rings. The number of nitrogens with one attached hydrogen (secondary N) is 2. The van der Waals surface area contributed by atoms with Crippen molar-refractivity contribution >= 4 is 16.0 Å². The summed E-state index contributed by atoms with van der Waals surface area (Å²) in [6, 6.07) is 7.32. The average Bonchev–Trinajstić information content (AvgIpc) is 2.52. The van der Waals surface area contributed by atoms with Gasteiger partial charge in [0, 0.05) is 18.8 Å². The van der Waals surface area contributed by atoms with Crippen molar-refractivity contribution in [2.24, 2.45) is 0 Å². The van der Waals surface area contributed by atoms with Crippen LogP contribution in [0.2, 0.25) is 0 Å². The molecule has 0 atom stereocenters. The van der Waals surface area contributed by atoms with Crippen LogP contribution in [-0.4, -0.2) is 24.4 Å². The van der Waals surface area contributed by atoms with Crippen LogP contribution in [0.1, 0.15) is 30.7 Å². The van der Waals surface area contributed by atoms with E-state index in [4.69, 9.17) is 0 Å². The van der Waals surface area contributed by atoms with Crippen molar-refractivity contribution in [3.63, 3.8) is 0 Å². The number of rotatable bonds is 7. The molecule has 0 saturated heterocycles. The van der Waals surface area contributed by atoms with E-state index in [1.54, 1.807) is 38.1 Å². The summed E-state index contributed by atoms with van der Waals surface area (Å²) in [6.45, 7) is 3.68. The van der Waals surface area contributed by atoms with Gasteiger partial charge in [-0.05, 0) is 31.0 Å². The van der Waals surface area contributed by atoms with E-state index in [9.17, 15) is 21.6 Å². The lowest BCUT2D eigenvalue weighted by molar-refractivity contribution is -0.141. The van der Waals surface area contributed by atoms with Crippen LogP contribution in [-0.2, 0) is 28.5 Å². The summed E-state index contributed by atoms with van der Waals surface area (Å²) in [5.74, 6) is -0.275. The van der Waals surface area contributed by atoms with Crippen molar-refractivity contribution in [3.8, 4) is 0 Å². The Morgan fingerprint density at radius 2 is 1.69 bits per heavy atom. The molecule has 0 aliphatic carbocycles. The molecule has 0 aliphatic heterocycles. The number of alkyl halides is 3. The molecule has 0 bridgehead atoms. The molecule has 0 spiro atoms. The first-order valence-corrected chi connectivity index (χ1v) is 9.42. The highest BCUT2D eigenvalue weighted by atomic mass is 32.2. The summed E-state index contributed by atoms with van der Waals surface area (Å²) >= 11 is 0. The molecule has 26 heavy (non-hydrogen) atoms. The number of aromatic nitrogens is 2. The van der Waals surface area contributed by atoms with E-state index >= 15 is 0 Å². The normalized spacial score (nSPS) is 12.4. The van der Waals surface area contributed by atoms with Crippen LogP contribution < -0.4 is 10.0 Å². The lowest BCUT2D eigenvalue weighted by Gasteiger charge is -2.10. The van der Waals surface area contributed by atoms with Crippen LogP contribution in [0.15, 0.2) is 36.5 Å². The molecule has 2 aromatic rings. The van der Waals surface area contributed by atoms with Crippen LogP contribution >= 0.6 is 0 Å². The Labute approximate surface area is 149 Å². The highest BCUT2D eigenvalue weighted by Crippen LogP contribution is 2.27. The van der Waals surface area contributed by atoms with Gasteiger partial charge in [-0.1, -0.05) is 24.3 Å². The molecular formula is C16H19F3N4O2S. The minimum atomic E-state index is -4.53. The van der Waals surface area contributed by atoms with Gasteiger partial charge in [0.15, 0.2) is 0 Å². The monoisotopic (exact) mass is 388 g/mol. The topological polar surface area (TPSA) is 84.0 Å². The summed E-state index contributed by atoms with van der Waals surface area (Å²) in [5.41, 5.74) is 0.342. The first-order valence-electron chi connectivity index (χ1n) is 7.77. The number of anilines is 1. The van der Waals surface area contributed by atoms with E-state index in [2.05, 4.69) is 20.0 Å². The Morgan fingerprint density at radius 1 is 1.08 bits per heavy atom. The first kappa shape index (κ1) is 20.1. The van der Waals surface area contributed by atoms with Crippen molar-refractivity contribution in [1.82, 2.24) is 14.7 Å². The third kappa shape index (κ3) is 6.26. The van der Waals surface area contributed by atoms with Crippen molar-refractivity contribution in [1.29, 1.82) is 0 Å². The molecule has 2 rings (SSSR count). The number of hydrogen-bond acceptors (Lipinski definition) is 5. The Morgan fingerprint density at radius 3 is 2.27 bits per heavy atom. The second-order valence-electron chi connectivity index (χ2n) is 5.96. The Kier molecular flexibility index (Phi) is 6.19. The molecule has 1 aromatic heterocycles. The van der Waals surface area contributed by atoms with E-state index in [1.165, 1.54) is 0 Å². The highest BCUT2D eigenvalue weighted by Gasteiger charge is 2.32. The third-order valence-corrected chi connectivity index (χ3v) is 4.74. The van der Waals surface area contributed by atoms with E-state index in [0.29, 0.717) is 5.56 Å². The van der Waals surface area contributed by atoms with Crippen molar-refractivity contribution < 1.29 is 21.6 Å². The Bertz CT molecular complexity index is 837. The van der Waals surface area contributed by atoms with Crippen molar-refractivity contribution in [3.05, 3.63) is 53.3 Å². The van der Waals surface area contributed by atoms with E-state index in [-0.39, 0.29) is 24.3 Å². The number of halogens is 3.